The van der Waals surface area contributed by atoms with E-state index in [2.05, 4.69) is 114 Å². The molecule has 1 aliphatic rings. The number of aromatic nitrogens is 8. The predicted octanol–water partition coefficient (Wildman–Crippen LogP) is 7.42. The molecule has 0 unspecified atom stereocenters. The van der Waals surface area contributed by atoms with Gasteiger partial charge in [0.05, 0.1) is 31.4 Å². The van der Waals surface area contributed by atoms with Crippen molar-refractivity contribution in [3.8, 4) is 17.4 Å². The standard InChI is InChI=1S/C40H44ClN9O3Si/c1-39(2,3)54(27-14-9-7-10-15-27,28-16-11-8-12-17-28)52-21-20-51-34-26-50-29(23-42-34)30(25-44-50)53-31-24-43-37-36(35(31)41)48(6)38(46-37)45-33-22-32-40(4,5)18-13-19-49(32)47-33/h7-12,14-17,22-26H,13,18-21H2,1-6H3,(H,43,45,46,47). The van der Waals surface area contributed by atoms with Gasteiger partial charge in [-0.25, -0.2) is 14.5 Å². The molecule has 1 N–H and O–H groups in total. The van der Waals surface area contributed by atoms with Crippen LogP contribution in [0, 0.1) is 0 Å². The first-order valence-electron chi connectivity index (χ1n) is 18.2. The number of nitrogens with one attached hydrogen (secondary N) is 1. The van der Waals surface area contributed by atoms with Crippen LogP contribution in [0.25, 0.3) is 16.7 Å². The van der Waals surface area contributed by atoms with Crippen molar-refractivity contribution >= 4 is 58.7 Å². The molecular formula is C40H44ClN9O3Si. The van der Waals surface area contributed by atoms with Crippen LogP contribution in [0.4, 0.5) is 11.8 Å². The van der Waals surface area contributed by atoms with Crippen LogP contribution < -0.4 is 25.2 Å². The van der Waals surface area contributed by atoms with Gasteiger partial charge in [0.25, 0.3) is 8.32 Å². The Morgan fingerprint density at radius 2 is 1.65 bits per heavy atom. The smallest absolute Gasteiger partial charge is 0.261 e. The molecule has 278 valence electrons. The molecule has 14 heteroatoms. The number of ether oxygens (including phenoxy) is 2. The second-order valence-electron chi connectivity index (χ2n) is 15.4. The van der Waals surface area contributed by atoms with Crippen LogP contribution in [-0.4, -0.2) is 60.4 Å². The van der Waals surface area contributed by atoms with Gasteiger partial charge in [0.1, 0.15) is 22.7 Å². The third-order valence-electron chi connectivity index (χ3n) is 10.3. The maximum atomic E-state index is 6.96. The molecule has 5 aromatic heterocycles. The molecule has 1 aliphatic heterocycles. The fourth-order valence-electron chi connectivity index (χ4n) is 7.62. The molecule has 8 rings (SSSR count). The Morgan fingerprint density at radius 1 is 0.926 bits per heavy atom. The lowest BCUT2D eigenvalue weighted by Crippen LogP contribution is -2.66. The summed E-state index contributed by atoms with van der Waals surface area (Å²) in [6.07, 6.45) is 8.81. The number of aryl methyl sites for hydroxylation is 2. The highest BCUT2D eigenvalue weighted by atomic mass is 35.5. The zero-order valence-electron chi connectivity index (χ0n) is 31.4. The number of hydrogen-bond acceptors (Lipinski definition) is 9. The minimum atomic E-state index is -2.68. The van der Waals surface area contributed by atoms with Crippen LogP contribution in [0.15, 0.2) is 91.5 Å². The molecule has 7 aromatic rings. The van der Waals surface area contributed by atoms with Gasteiger partial charge in [0.2, 0.25) is 11.8 Å². The van der Waals surface area contributed by atoms with E-state index in [4.69, 9.17) is 35.6 Å². The number of halogens is 1. The molecule has 0 bridgehead atoms. The van der Waals surface area contributed by atoms with Gasteiger partial charge in [-0.1, -0.05) is 107 Å². The summed E-state index contributed by atoms with van der Waals surface area (Å²) in [4.78, 5) is 13.8. The van der Waals surface area contributed by atoms with E-state index >= 15 is 0 Å². The van der Waals surface area contributed by atoms with Crippen LogP contribution in [-0.2, 0) is 23.4 Å². The van der Waals surface area contributed by atoms with Crippen molar-refractivity contribution in [2.75, 3.05) is 18.5 Å². The van der Waals surface area contributed by atoms with E-state index in [1.54, 1.807) is 29.3 Å². The Labute approximate surface area is 320 Å². The average Bonchev–Trinajstić information content (AvgIpc) is 3.85. The van der Waals surface area contributed by atoms with Crippen molar-refractivity contribution in [3.05, 3.63) is 102 Å². The van der Waals surface area contributed by atoms with Crippen LogP contribution in [0.5, 0.6) is 17.4 Å². The Bertz CT molecular complexity index is 2400. The van der Waals surface area contributed by atoms with Gasteiger partial charge >= 0.3 is 0 Å². The Morgan fingerprint density at radius 3 is 2.33 bits per heavy atom. The number of benzene rings is 2. The topological polar surface area (TPSA) is 118 Å². The van der Waals surface area contributed by atoms with E-state index < -0.39 is 8.32 Å². The largest absolute Gasteiger partial charge is 0.474 e. The molecule has 0 saturated heterocycles. The quantitative estimate of drug-likeness (QED) is 0.106. The molecule has 2 aromatic carbocycles. The van der Waals surface area contributed by atoms with Gasteiger partial charge in [-0.05, 0) is 28.3 Å². The van der Waals surface area contributed by atoms with E-state index in [0.717, 1.165) is 25.2 Å². The molecule has 0 atom stereocenters. The molecule has 12 nitrogen and oxygen atoms in total. The Hall–Kier alpha value is -5.24. The fourth-order valence-corrected chi connectivity index (χ4v) is 12.5. The highest BCUT2D eigenvalue weighted by Gasteiger charge is 2.50. The van der Waals surface area contributed by atoms with Gasteiger partial charge < -0.3 is 23.8 Å². The SMILES string of the molecule is Cn1c(Nc2cc3n(n2)CCCC3(C)C)nc2ncc(Oc3cnn4cc(OCCO[Si](c5ccccc5)(c5ccccc5)C(C)(C)C)ncc34)c(Cl)c21. The normalized spacial score (nSPS) is 14.4. The number of anilines is 2. The first kappa shape index (κ1) is 35.8. The number of hydrogen-bond donors (Lipinski definition) is 1. The summed E-state index contributed by atoms with van der Waals surface area (Å²) in [6, 6.07) is 23.2. The average molecular weight is 762 g/mol. The van der Waals surface area contributed by atoms with Crippen LogP contribution in [0.1, 0.15) is 53.2 Å². The predicted molar refractivity (Wildman–Crippen MR) is 213 cm³/mol. The minimum absolute atomic E-state index is 0.0679. The Kier molecular flexibility index (Phi) is 9.19. The molecule has 0 fully saturated rings. The highest BCUT2D eigenvalue weighted by molar-refractivity contribution is 6.99. The number of pyridine rings is 1. The molecule has 0 aliphatic carbocycles. The highest BCUT2D eigenvalue weighted by Crippen LogP contribution is 2.39. The van der Waals surface area contributed by atoms with Gasteiger partial charge in [0, 0.05) is 30.8 Å². The van der Waals surface area contributed by atoms with Crippen molar-refractivity contribution in [2.24, 2.45) is 7.05 Å². The fraction of sp³-hybridized carbons (Fsp3) is 0.325. The lowest BCUT2D eigenvalue weighted by molar-refractivity contribution is 0.202. The third kappa shape index (κ3) is 6.39. The summed E-state index contributed by atoms with van der Waals surface area (Å²) in [6.45, 7) is 12.9. The molecule has 0 amide bonds. The summed E-state index contributed by atoms with van der Waals surface area (Å²) < 4.78 is 25.0. The summed E-state index contributed by atoms with van der Waals surface area (Å²) in [5.41, 5.74) is 3.04. The zero-order chi connectivity index (χ0) is 37.7. The number of fused-ring (bicyclic) bond motifs is 3. The summed E-state index contributed by atoms with van der Waals surface area (Å²) in [5.74, 6) is 2.57. The van der Waals surface area contributed by atoms with Crippen LogP contribution in [0.3, 0.4) is 0 Å². The van der Waals surface area contributed by atoms with Gasteiger partial charge in [-0.15, -0.1) is 0 Å². The number of nitrogens with zero attached hydrogens (tertiary/aromatic N) is 8. The molecule has 0 spiro atoms. The third-order valence-corrected chi connectivity index (χ3v) is 15.7. The van der Waals surface area contributed by atoms with Gasteiger partial charge in [-0.2, -0.15) is 15.2 Å². The summed E-state index contributed by atoms with van der Waals surface area (Å²) >= 11 is 6.94. The number of rotatable bonds is 11. The summed E-state index contributed by atoms with van der Waals surface area (Å²) in [7, 11) is -0.793. The van der Waals surface area contributed by atoms with Crippen LogP contribution >= 0.6 is 11.6 Å². The molecule has 0 radical (unpaired) electrons. The first-order valence-corrected chi connectivity index (χ1v) is 20.5. The van der Waals surface area contributed by atoms with Crippen LogP contribution in [0.2, 0.25) is 10.1 Å². The number of imidazole rings is 1. The van der Waals surface area contributed by atoms with Gasteiger partial charge in [-0.3, -0.25) is 4.68 Å². The maximum Gasteiger partial charge on any atom is 0.261 e. The lowest BCUT2D eigenvalue weighted by Gasteiger charge is -2.43. The van der Waals surface area contributed by atoms with E-state index in [9.17, 15) is 0 Å². The van der Waals surface area contributed by atoms with Gasteiger partial charge in [0.15, 0.2) is 23.0 Å². The Balaban J connectivity index is 0.968. The minimum Gasteiger partial charge on any atom is -0.474 e. The second kappa shape index (κ2) is 13.9. The molecule has 0 saturated carbocycles. The van der Waals surface area contributed by atoms with Crippen molar-refractivity contribution in [1.82, 2.24) is 38.9 Å². The lowest BCUT2D eigenvalue weighted by atomic mass is 9.82. The summed E-state index contributed by atoms with van der Waals surface area (Å²) in [5, 5.41) is 15.3. The zero-order valence-corrected chi connectivity index (χ0v) is 33.1. The van der Waals surface area contributed by atoms with E-state index in [0.29, 0.717) is 58.2 Å². The van der Waals surface area contributed by atoms with Crippen molar-refractivity contribution < 1.29 is 13.9 Å². The molecule has 6 heterocycles. The first-order chi connectivity index (χ1) is 25.9. The van der Waals surface area contributed by atoms with Crippen molar-refractivity contribution in [2.45, 2.75) is 64.5 Å². The molecular weight excluding hydrogens is 718 g/mol. The maximum absolute atomic E-state index is 6.96. The monoisotopic (exact) mass is 761 g/mol. The van der Waals surface area contributed by atoms with E-state index in [1.807, 2.05) is 23.7 Å². The molecule has 54 heavy (non-hydrogen) atoms. The van der Waals surface area contributed by atoms with E-state index in [1.165, 1.54) is 16.1 Å². The van der Waals surface area contributed by atoms with Crippen molar-refractivity contribution in [3.63, 3.8) is 0 Å². The van der Waals surface area contributed by atoms with Crippen molar-refractivity contribution in [1.29, 1.82) is 0 Å². The van der Waals surface area contributed by atoms with E-state index in [-0.39, 0.29) is 10.5 Å². The second-order valence-corrected chi connectivity index (χ2v) is 20.1.